The Morgan fingerprint density at radius 1 is 1.15 bits per heavy atom. The van der Waals surface area contributed by atoms with E-state index >= 15 is 0 Å². The van der Waals surface area contributed by atoms with Crippen LogP contribution in [0.15, 0.2) is 42.5 Å². The van der Waals surface area contributed by atoms with E-state index < -0.39 is 0 Å². The third-order valence-electron chi connectivity index (χ3n) is 2.69. The molecular weight excluding hydrogens is 272 g/mol. The van der Waals surface area contributed by atoms with Crippen molar-refractivity contribution in [1.82, 2.24) is 10.3 Å². The molecule has 4 heteroatoms. The molecule has 0 fully saturated rings. The molecule has 1 heterocycles. The summed E-state index contributed by atoms with van der Waals surface area (Å²) in [4.78, 5) is 4.46. The lowest BCUT2D eigenvalue weighted by Crippen LogP contribution is -2.19. The van der Waals surface area contributed by atoms with Crippen LogP contribution < -0.4 is 10.1 Å². The number of pyridine rings is 1. The first-order chi connectivity index (χ1) is 9.65. The predicted octanol–water partition coefficient (Wildman–Crippen LogP) is 4.27. The van der Waals surface area contributed by atoms with E-state index in [0.717, 1.165) is 18.8 Å². The first kappa shape index (κ1) is 14.8. The number of rotatable bonds is 6. The second-order valence-corrected chi connectivity index (χ2v) is 5.43. The smallest absolute Gasteiger partial charge is 0.219 e. The number of halogens is 1. The van der Waals surface area contributed by atoms with Crippen LogP contribution in [0.1, 0.15) is 19.5 Å². The average Bonchev–Trinajstić information content (AvgIpc) is 2.41. The van der Waals surface area contributed by atoms with Crippen LogP contribution in [0.3, 0.4) is 0 Å². The third kappa shape index (κ3) is 4.51. The van der Waals surface area contributed by atoms with Gasteiger partial charge in [-0.3, -0.25) is 0 Å². The SMILES string of the molecule is CC(C)CNCc1cccc(Oc2ccccc2Cl)n1. The largest absolute Gasteiger partial charge is 0.437 e. The van der Waals surface area contributed by atoms with E-state index in [-0.39, 0.29) is 0 Å². The highest BCUT2D eigenvalue weighted by atomic mass is 35.5. The Labute approximate surface area is 124 Å². The molecule has 0 unspecified atom stereocenters. The summed E-state index contributed by atoms with van der Waals surface area (Å²) < 4.78 is 5.71. The molecule has 0 atom stereocenters. The number of aromatic nitrogens is 1. The van der Waals surface area contributed by atoms with Gasteiger partial charge in [0.15, 0.2) is 0 Å². The second-order valence-electron chi connectivity index (χ2n) is 5.02. The highest BCUT2D eigenvalue weighted by molar-refractivity contribution is 6.32. The van der Waals surface area contributed by atoms with Crippen LogP contribution in [0.5, 0.6) is 11.6 Å². The number of para-hydroxylation sites is 1. The van der Waals surface area contributed by atoms with Gasteiger partial charge in [-0.15, -0.1) is 0 Å². The Kier molecular flexibility index (Phi) is 5.39. The molecule has 2 rings (SSSR count). The fourth-order valence-electron chi connectivity index (χ4n) is 1.74. The van der Waals surface area contributed by atoms with Gasteiger partial charge in [0.1, 0.15) is 5.75 Å². The molecule has 0 amide bonds. The summed E-state index contributed by atoms with van der Waals surface area (Å²) >= 11 is 6.07. The van der Waals surface area contributed by atoms with Crippen LogP contribution in [0.4, 0.5) is 0 Å². The fourth-order valence-corrected chi connectivity index (χ4v) is 1.92. The molecule has 0 aliphatic heterocycles. The van der Waals surface area contributed by atoms with Gasteiger partial charge >= 0.3 is 0 Å². The van der Waals surface area contributed by atoms with E-state index in [1.165, 1.54) is 0 Å². The Balaban J connectivity index is 2.01. The molecule has 3 nitrogen and oxygen atoms in total. The minimum Gasteiger partial charge on any atom is -0.437 e. The third-order valence-corrected chi connectivity index (χ3v) is 3.00. The summed E-state index contributed by atoms with van der Waals surface area (Å²) in [5, 5.41) is 3.94. The van der Waals surface area contributed by atoms with E-state index in [1.807, 2.05) is 36.4 Å². The van der Waals surface area contributed by atoms with Gasteiger partial charge in [0, 0.05) is 12.6 Å². The maximum absolute atomic E-state index is 6.07. The maximum Gasteiger partial charge on any atom is 0.219 e. The van der Waals surface area contributed by atoms with Crippen LogP contribution in [0.2, 0.25) is 5.02 Å². The molecule has 0 aliphatic rings. The summed E-state index contributed by atoms with van der Waals surface area (Å²) in [6.45, 7) is 6.06. The predicted molar refractivity (Wildman–Crippen MR) is 82.3 cm³/mol. The van der Waals surface area contributed by atoms with Crippen molar-refractivity contribution in [2.45, 2.75) is 20.4 Å². The van der Waals surface area contributed by atoms with Crippen LogP contribution in [0, 0.1) is 5.92 Å². The Bertz CT molecular complexity index is 558. The monoisotopic (exact) mass is 290 g/mol. The van der Waals surface area contributed by atoms with Crippen LogP contribution >= 0.6 is 11.6 Å². The summed E-state index contributed by atoms with van der Waals surface area (Å²) in [6, 6.07) is 13.1. The molecule has 1 N–H and O–H groups in total. The molecule has 20 heavy (non-hydrogen) atoms. The van der Waals surface area contributed by atoms with Crippen molar-refractivity contribution in [1.29, 1.82) is 0 Å². The molecule has 2 aromatic rings. The first-order valence-electron chi connectivity index (χ1n) is 6.74. The zero-order valence-corrected chi connectivity index (χ0v) is 12.5. The van der Waals surface area contributed by atoms with Gasteiger partial charge in [-0.2, -0.15) is 0 Å². The number of nitrogens with one attached hydrogen (secondary N) is 1. The molecule has 0 bridgehead atoms. The standard InChI is InChI=1S/C16H19ClN2O/c1-12(2)10-18-11-13-6-5-9-16(19-13)20-15-8-4-3-7-14(15)17/h3-9,12,18H,10-11H2,1-2H3. The van der Waals surface area contributed by atoms with Gasteiger partial charge in [0.2, 0.25) is 5.88 Å². The molecule has 0 saturated carbocycles. The summed E-state index contributed by atoms with van der Waals surface area (Å²) in [5.41, 5.74) is 0.954. The molecule has 1 aromatic carbocycles. The Morgan fingerprint density at radius 3 is 2.70 bits per heavy atom. The van der Waals surface area contributed by atoms with Crippen molar-refractivity contribution in [3.63, 3.8) is 0 Å². The zero-order valence-electron chi connectivity index (χ0n) is 11.8. The molecule has 106 valence electrons. The van der Waals surface area contributed by atoms with Gasteiger partial charge in [0.05, 0.1) is 10.7 Å². The molecular formula is C16H19ClN2O. The van der Waals surface area contributed by atoms with E-state index in [9.17, 15) is 0 Å². The lowest BCUT2D eigenvalue weighted by molar-refractivity contribution is 0.458. The fraction of sp³-hybridized carbons (Fsp3) is 0.312. The van der Waals surface area contributed by atoms with Crippen molar-refractivity contribution in [2.24, 2.45) is 5.92 Å². The van der Waals surface area contributed by atoms with E-state index in [2.05, 4.69) is 24.1 Å². The highest BCUT2D eigenvalue weighted by Gasteiger charge is 2.04. The van der Waals surface area contributed by atoms with Crippen LogP contribution in [0.25, 0.3) is 0 Å². The van der Waals surface area contributed by atoms with E-state index in [4.69, 9.17) is 16.3 Å². The maximum atomic E-state index is 6.07. The highest BCUT2D eigenvalue weighted by Crippen LogP contribution is 2.27. The summed E-state index contributed by atoms with van der Waals surface area (Å²) in [6.07, 6.45) is 0. The number of nitrogens with zero attached hydrogens (tertiary/aromatic N) is 1. The molecule has 0 aliphatic carbocycles. The molecule has 1 aromatic heterocycles. The second kappa shape index (κ2) is 7.27. The van der Waals surface area contributed by atoms with Gasteiger partial charge in [-0.25, -0.2) is 4.98 Å². The quantitative estimate of drug-likeness (QED) is 0.862. The number of hydrogen-bond acceptors (Lipinski definition) is 3. The summed E-state index contributed by atoms with van der Waals surface area (Å²) in [5.74, 6) is 1.80. The summed E-state index contributed by atoms with van der Waals surface area (Å²) in [7, 11) is 0. The lowest BCUT2D eigenvalue weighted by Gasteiger charge is -2.09. The average molecular weight is 291 g/mol. The van der Waals surface area contributed by atoms with Crippen molar-refractivity contribution < 1.29 is 4.74 Å². The minimum absolute atomic E-state index is 0.557. The number of benzene rings is 1. The van der Waals surface area contributed by atoms with Crippen molar-refractivity contribution in [3.8, 4) is 11.6 Å². The molecule has 0 saturated heterocycles. The van der Waals surface area contributed by atoms with E-state index in [0.29, 0.717) is 22.6 Å². The van der Waals surface area contributed by atoms with Gasteiger partial charge in [-0.1, -0.05) is 43.6 Å². The van der Waals surface area contributed by atoms with Crippen molar-refractivity contribution >= 4 is 11.6 Å². The Morgan fingerprint density at radius 2 is 1.95 bits per heavy atom. The van der Waals surface area contributed by atoms with Gasteiger partial charge in [-0.05, 0) is 30.7 Å². The minimum atomic E-state index is 0.557. The van der Waals surface area contributed by atoms with Crippen molar-refractivity contribution in [3.05, 3.63) is 53.2 Å². The lowest BCUT2D eigenvalue weighted by atomic mass is 10.2. The van der Waals surface area contributed by atoms with Crippen LogP contribution in [-0.2, 0) is 6.54 Å². The Hall–Kier alpha value is -1.58. The van der Waals surface area contributed by atoms with E-state index in [1.54, 1.807) is 6.07 Å². The van der Waals surface area contributed by atoms with Gasteiger partial charge < -0.3 is 10.1 Å². The topological polar surface area (TPSA) is 34.1 Å². The van der Waals surface area contributed by atoms with Gasteiger partial charge in [0.25, 0.3) is 0 Å². The number of ether oxygens (including phenoxy) is 1. The van der Waals surface area contributed by atoms with Crippen LogP contribution in [-0.4, -0.2) is 11.5 Å². The van der Waals surface area contributed by atoms with Crippen molar-refractivity contribution in [2.75, 3.05) is 6.54 Å². The normalized spacial score (nSPS) is 10.8. The zero-order chi connectivity index (χ0) is 14.4. The number of hydrogen-bond donors (Lipinski definition) is 1. The molecule has 0 spiro atoms. The molecule has 0 radical (unpaired) electrons. The first-order valence-corrected chi connectivity index (χ1v) is 7.12.